The number of aryl methyl sites for hydroxylation is 1. The number of hydrogen-bond donors (Lipinski definition) is 1. The lowest BCUT2D eigenvalue weighted by Gasteiger charge is -2.37. The second-order valence-electron chi connectivity index (χ2n) is 8.74. The fourth-order valence-corrected chi connectivity index (χ4v) is 4.86. The molecule has 170 valence electrons. The van der Waals surface area contributed by atoms with Crippen LogP contribution in [0.2, 0.25) is 5.02 Å². The molecule has 2 fully saturated rings. The topological polar surface area (TPSA) is 94.1 Å². The number of hydrogen-bond acceptors (Lipinski definition) is 8. The van der Waals surface area contributed by atoms with Gasteiger partial charge in [-0.2, -0.15) is 4.98 Å². The zero-order valence-corrected chi connectivity index (χ0v) is 18.9. The molecule has 1 aliphatic heterocycles. The zero-order chi connectivity index (χ0) is 22.4. The third-order valence-corrected chi connectivity index (χ3v) is 6.27. The van der Waals surface area contributed by atoms with Crippen LogP contribution in [0.15, 0.2) is 22.6 Å². The minimum absolute atomic E-state index is 0.0106. The molecule has 2 bridgehead atoms. The molecular formula is C21H25ClFN7O2. The van der Waals surface area contributed by atoms with Gasteiger partial charge in [0.2, 0.25) is 11.8 Å². The van der Waals surface area contributed by atoms with E-state index in [-0.39, 0.29) is 28.9 Å². The summed E-state index contributed by atoms with van der Waals surface area (Å²) in [5.74, 6) is 1.71. The maximum atomic E-state index is 13.7. The first kappa shape index (κ1) is 21.0. The highest BCUT2D eigenvalue weighted by Gasteiger charge is 2.43. The molecule has 1 saturated heterocycles. The third kappa shape index (κ3) is 4.11. The number of aromatic nitrogens is 5. The molecule has 0 amide bonds. The summed E-state index contributed by atoms with van der Waals surface area (Å²) >= 11 is 5.95. The monoisotopic (exact) mass is 461 g/mol. The van der Waals surface area contributed by atoms with E-state index in [2.05, 4.69) is 30.5 Å². The van der Waals surface area contributed by atoms with Crippen molar-refractivity contribution in [3.8, 4) is 11.8 Å². The summed E-state index contributed by atoms with van der Waals surface area (Å²) in [5.41, 5.74) is 0. The second kappa shape index (κ2) is 8.23. The van der Waals surface area contributed by atoms with Crippen LogP contribution >= 0.6 is 11.6 Å². The van der Waals surface area contributed by atoms with Crippen molar-refractivity contribution in [1.29, 1.82) is 0 Å². The Bertz CT molecular complexity index is 1080. The predicted molar refractivity (Wildman–Crippen MR) is 117 cm³/mol. The molecule has 1 aromatic carbocycles. The van der Waals surface area contributed by atoms with Crippen LogP contribution in [-0.4, -0.2) is 44.1 Å². The first-order chi connectivity index (χ1) is 15.4. The van der Waals surface area contributed by atoms with Crippen LogP contribution < -0.4 is 15.0 Å². The van der Waals surface area contributed by atoms with Crippen molar-refractivity contribution < 1.29 is 13.5 Å². The van der Waals surface area contributed by atoms with Crippen molar-refractivity contribution in [1.82, 2.24) is 25.0 Å². The Kier molecular flexibility index (Phi) is 5.40. The first-order valence-corrected chi connectivity index (χ1v) is 11.2. The Labute approximate surface area is 189 Å². The fraction of sp³-hybridized carbons (Fsp3) is 0.524. The summed E-state index contributed by atoms with van der Waals surface area (Å²) < 4.78 is 26.9. The molecule has 3 heterocycles. The van der Waals surface area contributed by atoms with E-state index in [0.29, 0.717) is 29.7 Å². The van der Waals surface area contributed by atoms with E-state index in [1.165, 1.54) is 12.1 Å². The highest BCUT2D eigenvalue weighted by molar-refractivity contribution is 6.30. The number of nitrogens with zero attached hydrogens (tertiary/aromatic N) is 6. The van der Waals surface area contributed by atoms with Crippen LogP contribution in [0, 0.1) is 24.6 Å². The van der Waals surface area contributed by atoms with Gasteiger partial charge in [-0.05, 0) is 50.7 Å². The Morgan fingerprint density at radius 1 is 1.19 bits per heavy atom. The smallest absolute Gasteiger partial charge is 0.322 e. The van der Waals surface area contributed by atoms with Gasteiger partial charge in [-0.1, -0.05) is 16.7 Å². The van der Waals surface area contributed by atoms with Crippen molar-refractivity contribution in [3.63, 3.8) is 0 Å². The molecule has 3 atom stereocenters. The molecule has 3 aromatic rings. The van der Waals surface area contributed by atoms with Gasteiger partial charge in [0.15, 0.2) is 0 Å². The van der Waals surface area contributed by atoms with Crippen molar-refractivity contribution in [2.24, 2.45) is 11.8 Å². The van der Waals surface area contributed by atoms with Gasteiger partial charge in [0.1, 0.15) is 11.6 Å². The van der Waals surface area contributed by atoms with Crippen LogP contribution in [0.4, 0.5) is 16.4 Å². The average Bonchev–Trinajstić information content (AvgIpc) is 3.38. The largest absolute Gasteiger partial charge is 0.424 e. The molecule has 1 aliphatic carbocycles. The summed E-state index contributed by atoms with van der Waals surface area (Å²) in [6.07, 6.45) is 2.23. The Morgan fingerprint density at radius 2 is 1.94 bits per heavy atom. The molecule has 5 rings (SSSR count). The summed E-state index contributed by atoms with van der Waals surface area (Å²) in [7, 11) is 0. The highest BCUT2D eigenvalue weighted by Crippen LogP contribution is 2.40. The maximum Gasteiger partial charge on any atom is 0.322 e. The van der Waals surface area contributed by atoms with Crippen molar-refractivity contribution in [2.45, 2.75) is 45.7 Å². The Hall–Kier alpha value is -2.88. The summed E-state index contributed by atoms with van der Waals surface area (Å²) in [4.78, 5) is 6.73. The van der Waals surface area contributed by atoms with Crippen LogP contribution in [0.25, 0.3) is 0 Å². The second-order valence-corrected chi connectivity index (χ2v) is 9.18. The number of anilines is 2. The fourth-order valence-electron chi connectivity index (χ4n) is 4.65. The number of halogens is 2. The SMILES string of the molecule is Cc1nnc(N2C[C@H]3CC[C@@H](C2)[C@H]3Nc2nc(Oc3cc(F)cc(Cl)c3)n(C(C)C)n2)o1. The number of fused-ring (bicyclic) bond motifs is 2. The van der Waals surface area contributed by atoms with Gasteiger partial charge in [0.25, 0.3) is 0 Å². The average molecular weight is 462 g/mol. The number of piperidine rings is 1. The van der Waals surface area contributed by atoms with Gasteiger partial charge >= 0.3 is 12.0 Å². The van der Waals surface area contributed by atoms with Crippen molar-refractivity contribution in [2.75, 3.05) is 23.3 Å². The number of ether oxygens (including phenoxy) is 1. The molecule has 9 nitrogen and oxygen atoms in total. The standard InChI is InChI=1S/C21H25ClFN7O2/c1-11(2)30-20(32-17-7-15(22)6-16(23)8-17)25-19(28-30)24-18-13-4-5-14(18)10-29(9-13)21-27-26-12(3)31-21/h6-8,11,13-14,18H,4-5,9-10H2,1-3H3,(H,24,28)/t13-,14+,18+. The van der Waals surface area contributed by atoms with Gasteiger partial charge in [0.05, 0.1) is 6.04 Å². The van der Waals surface area contributed by atoms with Gasteiger partial charge < -0.3 is 19.4 Å². The lowest BCUT2D eigenvalue weighted by molar-refractivity contribution is 0.356. The zero-order valence-electron chi connectivity index (χ0n) is 18.1. The van der Waals surface area contributed by atoms with Crippen LogP contribution in [0.3, 0.4) is 0 Å². The molecule has 11 heteroatoms. The minimum atomic E-state index is -0.471. The van der Waals surface area contributed by atoms with E-state index in [1.54, 1.807) is 17.7 Å². The lowest BCUT2D eigenvalue weighted by Crippen LogP contribution is -2.48. The first-order valence-electron chi connectivity index (χ1n) is 10.8. The minimum Gasteiger partial charge on any atom is -0.424 e. The van der Waals surface area contributed by atoms with Crippen LogP contribution in [0.5, 0.6) is 11.8 Å². The Balaban J connectivity index is 1.33. The van der Waals surface area contributed by atoms with E-state index >= 15 is 0 Å². The van der Waals surface area contributed by atoms with Crippen molar-refractivity contribution in [3.05, 3.63) is 34.9 Å². The number of benzene rings is 1. The molecule has 2 aliphatic rings. The summed E-state index contributed by atoms with van der Waals surface area (Å²) in [6, 6.07) is 5.18. The highest BCUT2D eigenvalue weighted by atomic mass is 35.5. The van der Waals surface area contributed by atoms with E-state index in [1.807, 2.05) is 13.8 Å². The van der Waals surface area contributed by atoms with E-state index in [0.717, 1.165) is 25.9 Å². The van der Waals surface area contributed by atoms with Crippen LogP contribution in [-0.2, 0) is 0 Å². The molecular weight excluding hydrogens is 437 g/mol. The molecule has 1 N–H and O–H groups in total. The number of rotatable bonds is 6. The van der Waals surface area contributed by atoms with Crippen LogP contribution in [0.1, 0.15) is 38.6 Å². The van der Waals surface area contributed by atoms with Gasteiger partial charge in [-0.15, -0.1) is 10.2 Å². The Morgan fingerprint density at radius 3 is 2.56 bits per heavy atom. The molecule has 0 unspecified atom stereocenters. The predicted octanol–water partition coefficient (Wildman–Crippen LogP) is 4.46. The molecule has 0 radical (unpaired) electrons. The summed E-state index contributed by atoms with van der Waals surface area (Å²) in [6.45, 7) is 7.45. The quantitative estimate of drug-likeness (QED) is 0.575. The van der Waals surface area contributed by atoms with Gasteiger partial charge in [0, 0.05) is 37.1 Å². The molecule has 2 aromatic heterocycles. The van der Waals surface area contributed by atoms with E-state index in [4.69, 9.17) is 20.8 Å². The maximum absolute atomic E-state index is 13.7. The summed E-state index contributed by atoms with van der Waals surface area (Å²) in [5, 5.41) is 16.5. The van der Waals surface area contributed by atoms with E-state index < -0.39 is 5.82 Å². The van der Waals surface area contributed by atoms with Crippen molar-refractivity contribution >= 4 is 23.6 Å². The normalized spacial score (nSPS) is 22.6. The molecule has 0 spiro atoms. The lowest BCUT2D eigenvalue weighted by atomic mass is 9.92. The molecule has 32 heavy (non-hydrogen) atoms. The number of nitrogens with one attached hydrogen (secondary N) is 1. The van der Waals surface area contributed by atoms with E-state index in [9.17, 15) is 4.39 Å². The third-order valence-electron chi connectivity index (χ3n) is 6.05. The molecule has 1 saturated carbocycles. The van der Waals surface area contributed by atoms with Gasteiger partial charge in [-0.25, -0.2) is 9.07 Å². The van der Waals surface area contributed by atoms with Gasteiger partial charge in [-0.3, -0.25) is 0 Å².